The zero-order valence-corrected chi connectivity index (χ0v) is 18.3. The second-order valence-electron chi connectivity index (χ2n) is 7.83. The Hall–Kier alpha value is -4.34. The fraction of sp³-hybridized carbons (Fsp3) is 0.208. The molecule has 2 heterocycles. The highest BCUT2D eigenvalue weighted by Crippen LogP contribution is 2.36. The van der Waals surface area contributed by atoms with Crippen molar-refractivity contribution < 1.29 is 38.0 Å². The van der Waals surface area contributed by atoms with Crippen LogP contribution in [0.1, 0.15) is 29.8 Å². The molecule has 0 saturated heterocycles. The molecular formula is C24H21FN2O7. The van der Waals surface area contributed by atoms with Crippen molar-refractivity contribution in [3.63, 3.8) is 0 Å². The third-order valence-corrected chi connectivity index (χ3v) is 4.93. The van der Waals surface area contributed by atoms with E-state index in [9.17, 15) is 14.0 Å². The van der Waals surface area contributed by atoms with Crippen LogP contribution in [0.2, 0.25) is 0 Å². The maximum absolute atomic E-state index is 14.5. The predicted molar refractivity (Wildman–Crippen MR) is 117 cm³/mol. The summed E-state index contributed by atoms with van der Waals surface area (Å²) in [5.41, 5.74) is -1.17. The molecule has 9 nitrogen and oxygen atoms in total. The normalized spacial score (nSPS) is 12.2. The van der Waals surface area contributed by atoms with Gasteiger partial charge in [0.1, 0.15) is 22.9 Å². The number of fused-ring (bicyclic) bond motifs is 1. The SMILES string of the molecule is CC(C)(Oc1ccc(CNC(=O)c2cccnc2Oc2ccc3c(c2)OCO3)c(F)c1)C(=O)O. The van der Waals surface area contributed by atoms with Gasteiger partial charge in [0.2, 0.25) is 12.7 Å². The molecular weight excluding hydrogens is 447 g/mol. The largest absolute Gasteiger partial charge is 0.478 e. The Labute approximate surface area is 194 Å². The number of carbonyl (C=O) groups is 2. The second-order valence-corrected chi connectivity index (χ2v) is 7.83. The van der Waals surface area contributed by atoms with Crippen LogP contribution >= 0.6 is 0 Å². The molecule has 0 aliphatic carbocycles. The van der Waals surface area contributed by atoms with Crippen molar-refractivity contribution in [2.75, 3.05) is 6.79 Å². The monoisotopic (exact) mass is 468 g/mol. The third-order valence-electron chi connectivity index (χ3n) is 4.93. The van der Waals surface area contributed by atoms with Crippen LogP contribution in [0.15, 0.2) is 54.7 Å². The zero-order valence-electron chi connectivity index (χ0n) is 18.3. The van der Waals surface area contributed by atoms with E-state index in [0.717, 1.165) is 6.07 Å². The van der Waals surface area contributed by atoms with Crippen LogP contribution in [0.25, 0.3) is 0 Å². The van der Waals surface area contributed by atoms with Crippen molar-refractivity contribution in [2.24, 2.45) is 0 Å². The molecule has 1 aliphatic rings. The van der Waals surface area contributed by atoms with E-state index < -0.39 is 23.3 Å². The maximum atomic E-state index is 14.5. The number of halogens is 1. The summed E-state index contributed by atoms with van der Waals surface area (Å²) in [6, 6.07) is 12.0. The van der Waals surface area contributed by atoms with Crippen molar-refractivity contribution in [3.05, 3.63) is 71.7 Å². The Morgan fingerprint density at radius 2 is 1.88 bits per heavy atom. The van der Waals surface area contributed by atoms with E-state index in [0.29, 0.717) is 17.2 Å². The van der Waals surface area contributed by atoms with Gasteiger partial charge in [-0.1, -0.05) is 6.07 Å². The minimum absolute atomic E-state index is 0.0617. The van der Waals surface area contributed by atoms with Crippen molar-refractivity contribution in [1.29, 1.82) is 0 Å². The number of rotatable bonds is 8. The molecule has 1 amide bonds. The summed E-state index contributed by atoms with van der Waals surface area (Å²) in [5.74, 6) is -0.698. The van der Waals surface area contributed by atoms with Crippen LogP contribution in [0, 0.1) is 5.82 Å². The van der Waals surface area contributed by atoms with Gasteiger partial charge in [-0.25, -0.2) is 14.2 Å². The van der Waals surface area contributed by atoms with Gasteiger partial charge < -0.3 is 29.4 Å². The van der Waals surface area contributed by atoms with Crippen LogP contribution in [0.4, 0.5) is 4.39 Å². The molecule has 176 valence electrons. The number of aromatic nitrogens is 1. The number of carboxylic acid groups (broad SMARTS) is 1. The molecule has 0 fully saturated rings. The average molecular weight is 468 g/mol. The first-order chi connectivity index (χ1) is 16.2. The van der Waals surface area contributed by atoms with Gasteiger partial charge in [0.25, 0.3) is 5.91 Å². The van der Waals surface area contributed by atoms with E-state index in [1.165, 1.54) is 38.2 Å². The molecule has 3 aromatic rings. The van der Waals surface area contributed by atoms with Crippen LogP contribution in [-0.4, -0.2) is 34.4 Å². The number of hydrogen-bond acceptors (Lipinski definition) is 7. The summed E-state index contributed by atoms with van der Waals surface area (Å²) in [6.45, 7) is 2.72. The maximum Gasteiger partial charge on any atom is 0.347 e. The van der Waals surface area contributed by atoms with Gasteiger partial charge in [-0.3, -0.25) is 4.79 Å². The number of nitrogens with one attached hydrogen (secondary N) is 1. The van der Waals surface area contributed by atoms with Crippen molar-refractivity contribution in [1.82, 2.24) is 10.3 Å². The van der Waals surface area contributed by atoms with Crippen molar-refractivity contribution in [3.8, 4) is 28.9 Å². The molecule has 0 spiro atoms. The first kappa shape index (κ1) is 22.8. The molecule has 0 atom stereocenters. The second kappa shape index (κ2) is 9.26. The van der Waals surface area contributed by atoms with E-state index in [2.05, 4.69) is 10.3 Å². The molecule has 0 unspecified atom stereocenters. The van der Waals surface area contributed by atoms with Gasteiger partial charge in [0.15, 0.2) is 17.1 Å². The van der Waals surface area contributed by atoms with E-state index in [4.69, 9.17) is 24.1 Å². The lowest BCUT2D eigenvalue weighted by molar-refractivity contribution is -0.152. The highest BCUT2D eigenvalue weighted by Gasteiger charge is 2.29. The number of pyridine rings is 1. The molecule has 4 rings (SSSR count). The Morgan fingerprint density at radius 1 is 1.12 bits per heavy atom. The lowest BCUT2D eigenvalue weighted by Crippen LogP contribution is -2.37. The summed E-state index contributed by atoms with van der Waals surface area (Å²) in [4.78, 5) is 28.1. The summed E-state index contributed by atoms with van der Waals surface area (Å²) < 4.78 is 36.2. The van der Waals surface area contributed by atoms with Crippen LogP contribution < -0.4 is 24.3 Å². The van der Waals surface area contributed by atoms with E-state index in [1.54, 1.807) is 24.3 Å². The zero-order chi connectivity index (χ0) is 24.3. The Morgan fingerprint density at radius 3 is 2.65 bits per heavy atom. The van der Waals surface area contributed by atoms with Gasteiger partial charge in [-0.05, 0) is 44.2 Å². The minimum Gasteiger partial charge on any atom is -0.478 e. The standard InChI is InChI=1S/C24H21FN2O7/c1-24(2,23(29)30)34-16-6-5-14(18(25)10-16)12-27-21(28)17-4-3-9-26-22(17)33-15-7-8-19-20(11-15)32-13-31-19/h3-11H,12-13H2,1-2H3,(H,27,28)(H,29,30). The summed E-state index contributed by atoms with van der Waals surface area (Å²) in [6.07, 6.45) is 1.48. The highest BCUT2D eigenvalue weighted by atomic mass is 19.1. The quantitative estimate of drug-likeness (QED) is 0.511. The molecule has 34 heavy (non-hydrogen) atoms. The highest BCUT2D eigenvalue weighted by molar-refractivity contribution is 5.96. The molecule has 0 bridgehead atoms. The number of carbonyl (C=O) groups excluding carboxylic acids is 1. The number of carboxylic acids is 1. The topological polar surface area (TPSA) is 116 Å². The fourth-order valence-electron chi connectivity index (χ4n) is 3.04. The number of hydrogen-bond donors (Lipinski definition) is 2. The van der Waals surface area contributed by atoms with Crippen molar-refractivity contribution in [2.45, 2.75) is 26.0 Å². The summed E-state index contributed by atoms with van der Waals surface area (Å²) in [7, 11) is 0. The molecule has 10 heteroatoms. The molecule has 2 N–H and O–H groups in total. The number of benzene rings is 2. The number of ether oxygens (including phenoxy) is 4. The van der Waals surface area contributed by atoms with E-state index in [1.807, 2.05) is 0 Å². The van der Waals surface area contributed by atoms with Crippen LogP contribution in [-0.2, 0) is 11.3 Å². The molecule has 0 saturated carbocycles. The number of aliphatic carboxylic acids is 1. The number of nitrogens with zero attached hydrogens (tertiary/aromatic N) is 1. The van der Waals surface area contributed by atoms with Gasteiger partial charge in [-0.2, -0.15) is 0 Å². The Kier molecular flexibility index (Phi) is 6.22. The van der Waals surface area contributed by atoms with E-state index in [-0.39, 0.29) is 36.1 Å². The van der Waals surface area contributed by atoms with Gasteiger partial charge in [0.05, 0.1) is 0 Å². The molecule has 1 aromatic heterocycles. The lowest BCUT2D eigenvalue weighted by atomic mass is 10.1. The summed E-state index contributed by atoms with van der Waals surface area (Å²) >= 11 is 0. The van der Waals surface area contributed by atoms with Gasteiger partial charge in [0, 0.05) is 30.4 Å². The van der Waals surface area contributed by atoms with Crippen LogP contribution in [0.5, 0.6) is 28.9 Å². The van der Waals surface area contributed by atoms with Crippen LogP contribution in [0.3, 0.4) is 0 Å². The lowest BCUT2D eigenvalue weighted by Gasteiger charge is -2.21. The first-order valence-electron chi connectivity index (χ1n) is 10.2. The smallest absolute Gasteiger partial charge is 0.347 e. The minimum atomic E-state index is -1.52. The van der Waals surface area contributed by atoms with E-state index >= 15 is 0 Å². The molecule has 0 radical (unpaired) electrons. The van der Waals surface area contributed by atoms with Gasteiger partial charge in [-0.15, -0.1) is 0 Å². The number of amides is 1. The Bertz CT molecular complexity index is 1250. The fourth-order valence-corrected chi connectivity index (χ4v) is 3.04. The van der Waals surface area contributed by atoms with Gasteiger partial charge >= 0.3 is 5.97 Å². The van der Waals surface area contributed by atoms with Crippen molar-refractivity contribution >= 4 is 11.9 Å². The average Bonchev–Trinajstić information content (AvgIpc) is 3.26. The molecule has 2 aromatic carbocycles. The summed E-state index contributed by atoms with van der Waals surface area (Å²) in [5, 5.41) is 11.8. The first-order valence-corrected chi connectivity index (χ1v) is 10.2. The Balaban J connectivity index is 1.43. The third kappa shape index (κ3) is 5.01. The molecule has 1 aliphatic heterocycles. The predicted octanol–water partition coefficient (Wildman–Crippen LogP) is 3.91.